The SMILES string of the molecule is C=C(CC(C)(C)C)Nc1c(C)cc(N2CCc3cc(O)ccc3C2)cc1SCC. The number of fused-ring (bicyclic) bond motifs is 1. The maximum absolute atomic E-state index is 9.75. The fourth-order valence-corrected chi connectivity index (χ4v) is 4.84. The van der Waals surface area contributed by atoms with E-state index in [1.807, 2.05) is 17.8 Å². The molecule has 2 aromatic rings. The number of nitrogens with zero attached hydrogens (tertiary/aromatic N) is 1. The summed E-state index contributed by atoms with van der Waals surface area (Å²) in [6, 6.07) is 10.4. The number of hydrogen-bond acceptors (Lipinski definition) is 4. The van der Waals surface area contributed by atoms with E-state index in [9.17, 15) is 5.11 Å². The fourth-order valence-electron chi connectivity index (χ4n) is 3.97. The van der Waals surface area contributed by atoms with Gasteiger partial charge in [-0.05, 0) is 71.9 Å². The Morgan fingerprint density at radius 1 is 1.21 bits per heavy atom. The summed E-state index contributed by atoms with van der Waals surface area (Å²) in [7, 11) is 0. The van der Waals surface area contributed by atoms with E-state index in [0.29, 0.717) is 5.75 Å². The molecule has 0 spiro atoms. The fraction of sp³-hybridized carbons (Fsp3) is 0.440. The number of rotatable bonds is 6. The van der Waals surface area contributed by atoms with Crippen LogP contribution in [-0.4, -0.2) is 17.4 Å². The van der Waals surface area contributed by atoms with Crippen LogP contribution in [0.15, 0.2) is 47.5 Å². The smallest absolute Gasteiger partial charge is 0.115 e. The number of benzene rings is 2. The summed E-state index contributed by atoms with van der Waals surface area (Å²) >= 11 is 1.88. The van der Waals surface area contributed by atoms with E-state index in [1.165, 1.54) is 33.0 Å². The number of anilines is 2. The van der Waals surface area contributed by atoms with Crippen molar-refractivity contribution in [2.24, 2.45) is 5.41 Å². The van der Waals surface area contributed by atoms with Crippen molar-refractivity contribution in [1.29, 1.82) is 0 Å². The summed E-state index contributed by atoms with van der Waals surface area (Å²) in [6.45, 7) is 17.2. The molecule has 0 bridgehead atoms. The molecular formula is C25H34N2OS. The van der Waals surface area contributed by atoms with Crippen LogP contribution in [0.2, 0.25) is 0 Å². The van der Waals surface area contributed by atoms with Crippen molar-refractivity contribution in [2.45, 2.75) is 58.9 Å². The maximum Gasteiger partial charge on any atom is 0.115 e. The molecule has 4 heteroatoms. The highest BCUT2D eigenvalue weighted by molar-refractivity contribution is 7.99. The second kappa shape index (κ2) is 8.74. The molecule has 0 aromatic heterocycles. The van der Waals surface area contributed by atoms with Crippen molar-refractivity contribution in [3.63, 3.8) is 0 Å². The van der Waals surface area contributed by atoms with Crippen molar-refractivity contribution < 1.29 is 5.11 Å². The van der Waals surface area contributed by atoms with Gasteiger partial charge < -0.3 is 15.3 Å². The third-order valence-corrected chi connectivity index (χ3v) is 6.12. The molecule has 1 aliphatic heterocycles. The summed E-state index contributed by atoms with van der Waals surface area (Å²) in [5.74, 6) is 1.39. The van der Waals surface area contributed by atoms with Crippen LogP contribution in [0.25, 0.3) is 0 Å². The highest BCUT2D eigenvalue weighted by Gasteiger charge is 2.20. The second-order valence-corrected chi connectivity index (χ2v) is 10.5. The highest BCUT2D eigenvalue weighted by Crippen LogP contribution is 2.38. The topological polar surface area (TPSA) is 35.5 Å². The molecule has 0 saturated heterocycles. The van der Waals surface area contributed by atoms with E-state index >= 15 is 0 Å². The zero-order chi connectivity index (χ0) is 21.2. The quantitative estimate of drug-likeness (QED) is 0.517. The van der Waals surface area contributed by atoms with Crippen LogP contribution in [0.4, 0.5) is 11.4 Å². The molecule has 3 rings (SSSR count). The molecule has 0 amide bonds. The van der Waals surface area contributed by atoms with E-state index in [2.05, 4.69) is 69.6 Å². The van der Waals surface area contributed by atoms with Gasteiger partial charge in [0, 0.05) is 29.4 Å². The Kier molecular flexibility index (Phi) is 6.52. The Bertz CT molecular complexity index is 898. The number of allylic oxidation sites excluding steroid dienone is 1. The van der Waals surface area contributed by atoms with Crippen molar-refractivity contribution >= 4 is 23.1 Å². The number of thioether (sulfide) groups is 1. The van der Waals surface area contributed by atoms with Crippen molar-refractivity contribution in [2.75, 3.05) is 22.5 Å². The predicted octanol–water partition coefficient (Wildman–Crippen LogP) is 6.74. The molecule has 0 radical (unpaired) electrons. The van der Waals surface area contributed by atoms with Gasteiger partial charge in [0.15, 0.2) is 0 Å². The zero-order valence-corrected chi connectivity index (χ0v) is 19.2. The van der Waals surface area contributed by atoms with Gasteiger partial charge in [0.2, 0.25) is 0 Å². The first-order chi connectivity index (χ1) is 13.7. The minimum Gasteiger partial charge on any atom is -0.508 e. The second-order valence-electron chi connectivity index (χ2n) is 9.16. The van der Waals surface area contributed by atoms with Gasteiger partial charge in [-0.25, -0.2) is 0 Å². The van der Waals surface area contributed by atoms with Gasteiger partial charge in [-0.3, -0.25) is 0 Å². The highest BCUT2D eigenvalue weighted by atomic mass is 32.2. The van der Waals surface area contributed by atoms with Gasteiger partial charge in [0.1, 0.15) is 5.75 Å². The van der Waals surface area contributed by atoms with Crippen molar-refractivity contribution in [3.05, 3.63) is 59.3 Å². The molecule has 2 aromatic carbocycles. The van der Waals surface area contributed by atoms with Gasteiger partial charge in [0.25, 0.3) is 0 Å². The third-order valence-electron chi connectivity index (χ3n) is 5.20. The standard InChI is InChI=1S/C25H34N2OS/c1-7-29-23-14-21(12-17(2)24(23)26-18(3)15-25(4,5)6)27-11-10-19-13-22(28)9-8-20(19)16-27/h8-9,12-14,26,28H,3,7,10-11,15-16H2,1-2,4-6H3. The van der Waals surface area contributed by atoms with Crippen LogP contribution >= 0.6 is 11.8 Å². The molecule has 3 nitrogen and oxygen atoms in total. The molecule has 0 aliphatic carbocycles. The Balaban J connectivity index is 1.86. The lowest BCUT2D eigenvalue weighted by Crippen LogP contribution is -2.30. The molecular weight excluding hydrogens is 376 g/mol. The van der Waals surface area contributed by atoms with E-state index < -0.39 is 0 Å². The number of phenolic OH excluding ortho intramolecular Hbond substituents is 1. The monoisotopic (exact) mass is 410 g/mol. The largest absolute Gasteiger partial charge is 0.508 e. The third kappa shape index (κ3) is 5.51. The van der Waals surface area contributed by atoms with Crippen molar-refractivity contribution in [1.82, 2.24) is 0 Å². The molecule has 0 unspecified atom stereocenters. The molecule has 29 heavy (non-hydrogen) atoms. The average Bonchev–Trinajstić information content (AvgIpc) is 2.62. The van der Waals surface area contributed by atoms with E-state index in [1.54, 1.807) is 6.07 Å². The minimum absolute atomic E-state index is 0.214. The number of nitrogens with one attached hydrogen (secondary N) is 1. The summed E-state index contributed by atoms with van der Waals surface area (Å²) in [6.07, 6.45) is 1.90. The van der Waals surface area contributed by atoms with E-state index in [0.717, 1.165) is 37.4 Å². The Morgan fingerprint density at radius 2 is 1.97 bits per heavy atom. The Morgan fingerprint density at radius 3 is 2.66 bits per heavy atom. The lowest BCUT2D eigenvalue weighted by atomic mass is 9.91. The number of aryl methyl sites for hydroxylation is 1. The summed E-state index contributed by atoms with van der Waals surface area (Å²) < 4.78 is 0. The van der Waals surface area contributed by atoms with Crippen LogP contribution in [0.3, 0.4) is 0 Å². The number of phenols is 1. The number of hydrogen-bond donors (Lipinski definition) is 2. The predicted molar refractivity (Wildman–Crippen MR) is 127 cm³/mol. The first-order valence-electron chi connectivity index (χ1n) is 10.4. The van der Waals surface area contributed by atoms with Crippen molar-refractivity contribution in [3.8, 4) is 5.75 Å². The van der Waals surface area contributed by atoms with Crippen LogP contribution in [0.1, 0.15) is 50.8 Å². The minimum atomic E-state index is 0.214. The van der Waals surface area contributed by atoms with Crippen LogP contribution in [-0.2, 0) is 13.0 Å². The molecule has 1 heterocycles. The first kappa shape index (κ1) is 21.6. The summed E-state index contributed by atoms with van der Waals surface area (Å²) in [5.41, 5.74) is 7.56. The van der Waals surface area contributed by atoms with Gasteiger partial charge in [-0.1, -0.05) is 40.3 Å². The lowest BCUT2D eigenvalue weighted by Gasteiger charge is -2.32. The summed E-state index contributed by atoms with van der Waals surface area (Å²) in [5, 5.41) is 13.4. The summed E-state index contributed by atoms with van der Waals surface area (Å²) in [4.78, 5) is 3.73. The maximum atomic E-state index is 9.75. The normalized spacial score (nSPS) is 13.9. The Labute approximate surface area is 180 Å². The molecule has 0 fully saturated rings. The van der Waals surface area contributed by atoms with Gasteiger partial charge in [0.05, 0.1) is 5.69 Å². The van der Waals surface area contributed by atoms with Crippen LogP contribution in [0, 0.1) is 12.3 Å². The Hall–Kier alpha value is -2.07. The van der Waals surface area contributed by atoms with E-state index in [-0.39, 0.29) is 5.41 Å². The molecule has 156 valence electrons. The first-order valence-corrected chi connectivity index (χ1v) is 11.4. The number of aromatic hydroxyl groups is 1. The average molecular weight is 411 g/mol. The van der Waals surface area contributed by atoms with E-state index in [4.69, 9.17) is 0 Å². The molecule has 2 N–H and O–H groups in total. The lowest BCUT2D eigenvalue weighted by molar-refractivity contribution is 0.411. The van der Waals surface area contributed by atoms with Gasteiger partial charge in [-0.15, -0.1) is 11.8 Å². The van der Waals surface area contributed by atoms with Gasteiger partial charge >= 0.3 is 0 Å². The van der Waals surface area contributed by atoms with Crippen LogP contribution in [0.5, 0.6) is 5.75 Å². The molecule has 0 atom stereocenters. The zero-order valence-electron chi connectivity index (χ0n) is 18.4. The van der Waals surface area contributed by atoms with Crippen LogP contribution < -0.4 is 10.2 Å². The molecule has 0 saturated carbocycles. The van der Waals surface area contributed by atoms with Gasteiger partial charge in [-0.2, -0.15) is 0 Å². The molecule has 1 aliphatic rings.